The van der Waals surface area contributed by atoms with Gasteiger partial charge in [-0.2, -0.15) is 0 Å². The van der Waals surface area contributed by atoms with E-state index in [9.17, 15) is 9.90 Å². The molecule has 0 aliphatic heterocycles. The second-order valence-electron chi connectivity index (χ2n) is 5.57. The normalized spacial score (nSPS) is 21.4. The van der Waals surface area contributed by atoms with Gasteiger partial charge in [0.2, 0.25) is 0 Å². The summed E-state index contributed by atoms with van der Waals surface area (Å²) in [5.74, 6) is 0.513. The Kier molecular flexibility index (Phi) is 4.06. The fraction of sp³-hybridized carbons (Fsp3) is 0.353. The number of hydrogen-bond donors (Lipinski definition) is 2. The number of carbonyl (C=O) groups excluding carboxylic acids is 1. The fourth-order valence-electron chi connectivity index (χ4n) is 2.88. The average molecular weight is 285 g/mol. The largest absolute Gasteiger partial charge is 0.459 e. The summed E-state index contributed by atoms with van der Waals surface area (Å²) in [6.07, 6.45) is 3.89. The van der Waals surface area contributed by atoms with Gasteiger partial charge in [0.15, 0.2) is 5.76 Å². The Morgan fingerprint density at radius 2 is 2.05 bits per heavy atom. The standard InChI is InChI=1S/C17H19NO3/c19-14-7-6-12(10-14)11-18-17(20)16-15(8-9-21-16)13-4-2-1-3-5-13/h1-5,8-9,12,14,19H,6-7,10-11H2,(H,18,20). The summed E-state index contributed by atoms with van der Waals surface area (Å²) < 4.78 is 5.36. The summed E-state index contributed by atoms with van der Waals surface area (Å²) in [5.41, 5.74) is 1.77. The molecule has 2 unspecified atom stereocenters. The van der Waals surface area contributed by atoms with Crippen LogP contribution < -0.4 is 5.32 Å². The van der Waals surface area contributed by atoms with Crippen molar-refractivity contribution in [3.8, 4) is 11.1 Å². The van der Waals surface area contributed by atoms with Crippen LogP contribution in [0.3, 0.4) is 0 Å². The molecule has 4 nitrogen and oxygen atoms in total. The van der Waals surface area contributed by atoms with Gasteiger partial charge in [0.1, 0.15) is 0 Å². The number of nitrogens with one attached hydrogen (secondary N) is 1. The number of rotatable bonds is 4. The topological polar surface area (TPSA) is 62.5 Å². The number of furan rings is 1. The van der Waals surface area contributed by atoms with E-state index in [1.54, 1.807) is 0 Å². The van der Waals surface area contributed by atoms with Gasteiger partial charge in [0.25, 0.3) is 5.91 Å². The van der Waals surface area contributed by atoms with Gasteiger partial charge in [-0.3, -0.25) is 4.79 Å². The van der Waals surface area contributed by atoms with Crippen molar-refractivity contribution < 1.29 is 14.3 Å². The minimum Gasteiger partial charge on any atom is -0.459 e. The number of aliphatic hydroxyl groups is 1. The van der Waals surface area contributed by atoms with Gasteiger partial charge in [-0.1, -0.05) is 30.3 Å². The quantitative estimate of drug-likeness (QED) is 0.908. The van der Waals surface area contributed by atoms with Crippen LogP contribution in [0.2, 0.25) is 0 Å². The lowest BCUT2D eigenvalue weighted by Gasteiger charge is -2.10. The number of aliphatic hydroxyl groups excluding tert-OH is 1. The SMILES string of the molecule is O=C(NCC1CCC(O)C1)c1occc1-c1ccccc1. The minimum absolute atomic E-state index is 0.194. The Bertz CT molecular complexity index is 606. The van der Waals surface area contributed by atoms with Crippen LogP contribution >= 0.6 is 0 Å². The van der Waals surface area contributed by atoms with E-state index in [0.29, 0.717) is 18.2 Å². The van der Waals surface area contributed by atoms with Crippen LogP contribution in [0.15, 0.2) is 47.1 Å². The molecule has 1 aromatic carbocycles. The van der Waals surface area contributed by atoms with Gasteiger partial charge in [-0.15, -0.1) is 0 Å². The van der Waals surface area contributed by atoms with Crippen molar-refractivity contribution >= 4 is 5.91 Å². The van der Waals surface area contributed by atoms with E-state index >= 15 is 0 Å². The molecule has 2 aromatic rings. The van der Waals surface area contributed by atoms with Crippen molar-refractivity contribution in [3.63, 3.8) is 0 Å². The highest BCUT2D eigenvalue weighted by Crippen LogP contribution is 2.26. The van der Waals surface area contributed by atoms with Crippen molar-refractivity contribution in [2.45, 2.75) is 25.4 Å². The first kappa shape index (κ1) is 13.9. The molecule has 1 amide bonds. The predicted octanol–water partition coefficient (Wildman–Crippen LogP) is 2.84. The van der Waals surface area contributed by atoms with Gasteiger partial charge in [-0.05, 0) is 36.8 Å². The van der Waals surface area contributed by atoms with Crippen LogP contribution in [0.5, 0.6) is 0 Å². The molecule has 0 bridgehead atoms. The first-order valence-corrected chi connectivity index (χ1v) is 7.33. The van der Waals surface area contributed by atoms with Gasteiger partial charge < -0.3 is 14.8 Å². The van der Waals surface area contributed by atoms with Crippen molar-refractivity contribution in [2.75, 3.05) is 6.54 Å². The van der Waals surface area contributed by atoms with Gasteiger partial charge in [0, 0.05) is 12.1 Å². The molecule has 4 heteroatoms. The van der Waals surface area contributed by atoms with Crippen LogP contribution in [-0.2, 0) is 0 Å². The molecule has 1 fully saturated rings. The molecule has 2 N–H and O–H groups in total. The summed E-state index contributed by atoms with van der Waals surface area (Å²) in [6, 6.07) is 11.5. The predicted molar refractivity (Wildman–Crippen MR) is 79.8 cm³/mol. The monoisotopic (exact) mass is 285 g/mol. The van der Waals surface area contributed by atoms with Crippen LogP contribution in [0.25, 0.3) is 11.1 Å². The Balaban J connectivity index is 1.67. The van der Waals surface area contributed by atoms with Crippen LogP contribution in [-0.4, -0.2) is 23.7 Å². The highest BCUT2D eigenvalue weighted by Gasteiger charge is 2.24. The van der Waals surface area contributed by atoms with E-state index in [2.05, 4.69) is 5.32 Å². The van der Waals surface area contributed by atoms with E-state index in [-0.39, 0.29) is 12.0 Å². The Hall–Kier alpha value is -2.07. The second kappa shape index (κ2) is 6.14. The molecule has 1 aliphatic rings. The fourth-order valence-corrected chi connectivity index (χ4v) is 2.88. The summed E-state index contributed by atoms with van der Waals surface area (Å²) in [7, 11) is 0. The van der Waals surface area contributed by atoms with Crippen LogP contribution in [0.4, 0.5) is 0 Å². The molecule has 3 rings (SSSR count). The second-order valence-corrected chi connectivity index (χ2v) is 5.57. The molecule has 1 heterocycles. The molecule has 0 spiro atoms. The highest BCUT2D eigenvalue weighted by atomic mass is 16.3. The van der Waals surface area contributed by atoms with Crippen LogP contribution in [0.1, 0.15) is 29.8 Å². The minimum atomic E-state index is -0.213. The average Bonchev–Trinajstić information content (AvgIpc) is 3.14. The third kappa shape index (κ3) is 3.16. The van der Waals surface area contributed by atoms with Crippen molar-refractivity contribution in [3.05, 3.63) is 48.4 Å². The third-order valence-electron chi connectivity index (χ3n) is 4.02. The lowest BCUT2D eigenvalue weighted by molar-refractivity contribution is 0.0918. The molecular weight excluding hydrogens is 266 g/mol. The molecule has 21 heavy (non-hydrogen) atoms. The zero-order valence-electron chi connectivity index (χ0n) is 11.8. The smallest absolute Gasteiger partial charge is 0.287 e. The molecular formula is C17H19NO3. The number of amides is 1. The molecule has 0 saturated heterocycles. The van der Waals surface area contributed by atoms with E-state index in [1.807, 2.05) is 36.4 Å². The Morgan fingerprint density at radius 3 is 2.76 bits per heavy atom. The molecule has 1 saturated carbocycles. The number of carbonyl (C=O) groups is 1. The lowest BCUT2D eigenvalue weighted by Crippen LogP contribution is -2.28. The lowest BCUT2D eigenvalue weighted by atomic mass is 10.1. The Labute approximate surface area is 123 Å². The van der Waals surface area contributed by atoms with E-state index in [0.717, 1.165) is 30.4 Å². The zero-order chi connectivity index (χ0) is 14.7. The highest BCUT2D eigenvalue weighted by molar-refractivity contribution is 5.98. The van der Waals surface area contributed by atoms with Crippen molar-refractivity contribution in [1.29, 1.82) is 0 Å². The van der Waals surface area contributed by atoms with E-state index in [4.69, 9.17) is 4.42 Å². The first-order chi connectivity index (χ1) is 10.2. The molecule has 110 valence electrons. The molecule has 1 aliphatic carbocycles. The maximum absolute atomic E-state index is 12.3. The van der Waals surface area contributed by atoms with Crippen molar-refractivity contribution in [1.82, 2.24) is 5.32 Å². The summed E-state index contributed by atoms with van der Waals surface area (Å²) in [5, 5.41) is 12.4. The van der Waals surface area contributed by atoms with E-state index < -0.39 is 0 Å². The van der Waals surface area contributed by atoms with Gasteiger partial charge in [0.05, 0.1) is 12.4 Å². The first-order valence-electron chi connectivity index (χ1n) is 7.33. The third-order valence-corrected chi connectivity index (χ3v) is 4.02. The van der Waals surface area contributed by atoms with Crippen molar-refractivity contribution in [2.24, 2.45) is 5.92 Å². The number of benzene rings is 1. The molecule has 1 aromatic heterocycles. The van der Waals surface area contributed by atoms with Crippen LogP contribution in [0, 0.1) is 5.92 Å². The Morgan fingerprint density at radius 1 is 1.24 bits per heavy atom. The maximum Gasteiger partial charge on any atom is 0.287 e. The summed E-state index contributed by atoms with van der Waals surface area (Å²) in [4.78, 5) is 12.3. The van der Waals surface area contributed by atoms with Gasteiger partial charge >= 0.3 is 0 Å². The van der Waals surface area contributed by atoms with E-state index in [1.165, 1.54) is 6.26 Å². The zero-order valence-corrected chi connectivity index (χ0v) is 11.8. The molecule has 2 atom stereocenters. The summed E-state index contributed by atoms with van der Waals surface area (Å²) in [6.45, 7) is 0.588. The van der Waals surface area contributed by atoms with Gasteiger partial charge in [-0.25, -0.2) is 0 Å². The summed E-state index contributed by atoms with van der Waals surface area (Å²) >= 11 is 0. The number of hydrogen-bond acceptors (Lipinski definition) is 3. The maximum atomic E-state index is 12.3. The molecule has 0 radical (unpaired) electrons.